The third kappa shape index (κ3) is 5.20. The summed E-state index contributed by atoms with van der Waals surface area (Å²) in [5, 5.41) is 2.87. The molecular weight excluding hydrogens is 218 g/mol. The van der Waals surface area contributed by atoms with Crippen molar-refractivity contribution in [1.82, 2.24) is 5.32 Å². The van der Waals surface area contributed by atoms with Gasteiger partial charge in [0.05, 0.1) is 13.5 Å². The Morgan fingerprint density at radius 1 is 1.24 bits per heavy atom. The molecule has 1 aliphatic rings. The number of nitrogens with one attached hydrogen (secondary N) is 1. The molecule has 4 nitrogen and oxygen atoms in total. The van der Waals surface area contributed by atoms with Crippen molar-refractivity contribution in [3.8, 4) is 0 Å². The molecule has 1 fully saturated rings. The van der Waals surface area contributed by atoms with Gasteiger partial charge in [-0.3, -0.25) is 9.59 Å². The van der Waals surface area contributed by atoms with Crippen LogP contribution in [-0.4, -0.2) is 25.5 Å². The molecule has 0 radical (unpaired) electrons. The van der Waals surface area contributed by atoms with Crippen LogP contribution in [0.1, 0.15) is 51.9 Å². The molecule has 0 atom stereocenters. The highest BCUT2D eigenvalue weighted by Gasteiger charge is 2.27. The molecule has 1 N–H and O–H groups in total. The highest BCUT2D eigenvalue weighted by molar-refractivity contribution is 5.81. The van der Waals surface area contributed by atoms with E-state index in [2.05, 4.69) is 17.0 Å². The van der Waals surface area contributed by atoms with Crippen LogP contribution in [0.2, 0.25) is 0 Å². The lowest BCUT2D eigenvalue weighted by Gasteiger charge is -2.23. The second-order valence-electron chi connectivity index (χ2n) is 5.19. The lowest BCUT2D eigenvalue weighted by atomic mass is 9.85. The van der Waals surface area contributed by atoms with E-state index < -0.39 is 0 Å². The van der Waals surface area contributed by atoms with Gasteiger partial charge in [0.1, 0.15) is 0 Å². The fourth-order valence-corrected chi connectivity index (χ4v) is 2.39. The molecule has 0 spiro atoms. The standard InChI is InChI=1S/C13H23NO3/c1-13(7-3-4-8-13)9-10-14-11(15)5-6-12(16)17-2/h3-10H2,1-2H3,(H,14,15). The highest BCUT2D eigenvalue weighted by atomic mass is 16.5. The van der Waals surface area contributed by atoms with Gasteiger partial charge in [-0.05, 0) is 24.7 Å². The second-order valence-corrected chi connectivity index (χ2v) is 5.19. The van der Waals surface area contributed by atoms with Crippen LogP contribution in [0.5, 0.6) is 0 Å². The number of carbonyl (C=O) groups excluding carboxylic acids is 2. The average Bonchev–Trinajstić information content (AvgIpc) is 2.73. The van der Waals surface area contributed by atoms with Crippen molar-refractivity contribution in [1.29, 1.82) is 0 Å². The normalized spacial score (nSPS) is 17.8. The molecule has 1 amide bonds. The van der Waals surface area contributed by atoms with Crippen molar-refractivity contribution in [3.05, 3.63) is 0 Å². The number of methoxy groups -OCH3 is 1. The summed E-state index contributed by atoms with van der Waals surface area (Å²) in [5.74, 6) is -0.389. The number of amides is 1. The van der Waals surface area contributed by atoms with E-state index in [0.717, 1.165) is 13.0 Å². The summed E-state index contributed by atoms with van der Waals surface area (Å²) in [5.41, 5.74) is 0.412. The van der Waals surface area contributed by atoms with Crippen molar-refractivity contribution in [3.63, 3.8) is 0 Å². The Labute approximate surface area is 103 Å². The van der Waals surface area contributed by atoms with Crippen LogP contribution in [0.4, 0.5) is 0 Å². The third-order valence-electron chi connectivity index (χ3n) is 3.65. The molecule has 1 saturated carbocycles. The van der Waals surface area contributed by atoms with Gasteiger partial charge in [0.15, 0.2) is 0 Å². The topological polar surface area (TPSA) is 55.4 Å². The Balaban J connectivity index is 2.09. The number of hydrogen-bond acceptors (Lipinski definition) is 3. The number of rotatable bonds is 6. The maximum atomic E-state index is 11.4. The molecule has 0 saturated heterocycles. The molecule has 0 aromatic carbocycles. The van der Waals surface area contributed by atoms with Crippen molar-refractivity contribution in [2.75, 3.05) is 13.7 Å². The summed E-state index contributed by atoms with van der Waals surface area (Å²) in [6.07, 6.45) is 6.59. The number of hydrogen-bond donors (Lipinski definition) is 1. The molecule has 1 rings (SSSR count). The van der Waals surface area contributed by atoms with Crippen molar-refractivity contribution in [2.24, 2.45) is 5.41 Å². The lowest BCUT2D eigenvalue weighted by Crippen LogP contribution is -2.28. The minimum absolute atomic E-state index is 0.0583. The first-order chi connectivity index (χ1) is 8.06. The highest BCUT2D eigenvalue weighted by Crippen LogP contribution is 2.39. The monoisotopic (exact) mass is 241 g/mol. The predicted molar refractivity (Wildman–Crippen MR) is 65.5 cm³/mol. The van der Waals surface area contributed by atoms with Crippen molar-refractivity contribution >= 4 is 11.9 Å². The first-order valence-corrected chi connectivity index (χ1v) is 6.39. The Morgan fingerprint density at radius 2 is 1.88 bits per heavy atom. The van der Waals surface area contributed by atoms with Crippen LogP contribution in [0.15, 0.2) is 0 Å². The van der Waals surface area contributed by atoms with E-state index in [4.69, 9.17) is 0 Å². The minimum atomic E-state index is -0.331. The second kappa shape index (κ2) is 6.62. The number of ether oxygens (including phenoxy) is 1. The van der Waals surface area contributed by atoms with E-state index in [1.807, 2.05) is 0 Å². The van der Waals surface area contributed by atoms with Gasteiger partial charge in [-0.1, -0.05) is 19.8 Å². The molecule has 4 heteroatoms. The van der Waals surface area contributed by atoms with E-state index in [9.17, 15) is 9.59 Å². The maximum absolute atomic E-state index is 11.4. The molecule has 0 aromatic rings. The van der Waals surface area contributed by atoms with E-state index >= 15 is 0 Å². The zero-order valence-electron chi connectivity index (χ0n) is 10.9. The van der Waals surface area contributed by atoms with Gasteiger partial charge in [-0.15, -0.1) is 0 Å². The van der Waals surface area contributed by atoms with E-state index in [0.29, 0.717) is 5.41 Å². The van der Waals surface area contributed by atoms with Crippen LogP contribution in [0.25, 0.3) is 0 Å². The van der Waals surface area contributed by atoms with Crippen molar-refractivity contribution in [2.45, 2.75) is 51.9 Å². The largest absolute Gasteiger partial charge is 0.469 e. The van der Waals surface area contributed by atoms with Gasteiger partial charge in [-0.25, -0.2) is 0 Å². The van der Waals surface area contributed by atoms with E-state index in [-0.39, 0.29) is 24.7 Å². The quantitative estimate of drug-likeness (QED) is 0.724. The molecular formula is C13H23NO3. The molecule has 0 aliphatic heterocycles. The third-order valence-corrected chi connectivity index (χ3v) is 3.65. The van der Waals surface area contributed by atoms with Gasteiger partial charge in [0.2, 0.25) is 5.91 Å². The number of carbonyl (C=O) groups is 2. The predicted octanol–water partition coefficient (Wildman–Crippen LogP) is 2.03. The fraction of sp³-hybridized carbons (Fsp3) is 0.846. The van der Waals surface area contributed by atoms with Gasteiger partial charge in [-0.2, -0.15) is 0 Å². The van der Waals surface area contributed by atoms with Crippen LogP contribution >= 0.6 is 0 Å². The first kappa shape index (κ1) is 14.0. The summed E-state index contributed by atoms with van der Waals surface area (Å²) >= 11 is 0. The van der Waals surface area contributed by atoms with Crippen LogP contribution in [-0.2, 0) is 14.3 Å². The molecule has 0 bridgehead atoms. The zero-order chi connectivity index (χ0) is 12.7. The molecule has 0 aromatic heterocycles. The molecule has 17 heavy (non-hydrogen) atoms. The Kier molecular flexibility index (Phi) is 5.45. The Bertz CT molecular complexity index is 270. The van der Waals surface area contributed by atoms with Gasteiger partial charge in [0, 0.05) is 13.0 Å². The lowest BCUT2D eigenvalue weighted by molar-refractivity contribution is -0.142. The minimum Gasteiger partial charge on any atom is -0.469 e. The van der Waals surface area contributed by atoms with E-state index in [1.165, 1.54) is 32.8 Å². The summed E-state index contributed by atoms with van der Waals surface area (Å²) in [6, 6.07) is 0. The van der Waals surface area contributed by atoms with Gasteiger partial charge >= 0.3 is 5.97 Å². The summed E-state index contributed by atoms with van der Waals surface area (Å²) in [6.45, 7) is 3.01. The number of esters is 1. The van der Waals surface area contributed by atoms with Crippen LogP contribution in [0, 0.1) is 5.41 Å². The van der Waals surface area contributed by atoms with Crippen LogP contribution in [0.3, 0.4) is 0 Å². The zero-order valence-corrected chi connectivity index (χ0v) is 10.9. The van der Waals surface area contributed by atoms with Gasteiger partial charge < -0.3 is 10.1 Å². The Morgan fingerprint density at radius 3 is 2.47 bits per heavy atom. The molecule has 0 heterocycles. The molecule has 0 unspecified atom stereocenters. The smallest absolute Gasteiger partial charge is 0.306 e. The molecule has 98 valence electrons. The summed E-state index contributed by atoms with van der Waals surface area (Å²) in [4.78, 5) is 22.3. The van der Waals surface area contributed by atoms with Crippen molar-refractivity contribution < 1.29 is 14.3 Å². The van der Waals surface area contributed by atoms with Gasteiger partial charge in [0.25, 0.3) is 0 Å². The maximum Gasteiger partial charge on any atom is 0.306 e. The average molecular weight is 241 g/mol. The summed E-state index contributed by atoms with van der Waals surface area (Å²) < 4.78 is 4.48. The Hall–Kier alpha value is -1.06. The first-order valence-electron chi connectivity index (χ1n) is 6.39. The van der Waals surface area contributed by atoms with E-state index in [1.54, 1.807) is 0 Å². The molecule has 1 aliphatic carbocycles. The summed E-state index contributed by atoms with van der Waals surface area (Å²) in [7, 11) is 1.33. The van der Waals surface area contributed by atoms with Crippen LogP contribution < -0.4 is 5.32 Å². The fourth-order valence-electron chi connectivity index (χ4n) is 2.39. The SMILES string of the molecule is COC(=O)CCC(=O)NCCC1(C)CCCC1.